The lowest BCUT2D eigenvalue weighted by Gasteiger charge is -2.18. The van der Waals surface area contributed by atoms with Crippen LogP contribution in [0.5, 0.6) is 0 Å². The van der Waals surface area contributed by atoms with Crippen molar-refractivity contribution in [1.82, 2.24) is 5.32 Å². The standard InChI is InChI=1S/C19H25F3N2O3/c1-2-3-4-5-6-7-8-15(17(23)26)24-18(27)16(25)13-9-11-14(12-10-13)19(20,21)22/h2,9-12,15-16,25H,1,3-8H2,(H2,23,26)(H,24,27)/t15-,16-/m0/s1. The maximum atomic E-state index is 12.6. The first-order valence-corrected chi connectivity index (χ1v) is 8.72. The predicted molar refractivity (Wildman–Crippen MR) is 95.4 cm³/mol. The number of halogens is 3. The second kappa shape index (κ2) is 10.7. The number of hydrogen-bond donors (Lipinski definition) is 3. The summed E-state index contributed by atoms with van der Waals surface area (Å²) in [6.07, 6.45) is 0.342. The van der Waals surface area contributed by atoms with Crippen LogP contribution in [0, 0.1) is 0 Å². The number of unbranched alkanes of at least 4 members (excludes halogenated alkanes) is 4. The largest absolute Gasteiger partial charge is 0.416 e. The van der Waals surface area contributed by atoms with Gasteiger partial charge in [-0.1, -0.05) is 37.5 Å². The van der Waals surface area contributed by atoms with E-state index >= 15 is 0 Å². The van der Waals surface area contributed by atoms with E-state index in [1.54, 1.807) is 0 Å². The molecule has 0 saturated carbocycles. The summed E-state index contributed by atoms with van der Waals surface area (Å²) >= 11 is 0. The molecule has 1 aromatic carbocycles. The van der Waals surface area contributed by atoms with E-state index in [-0.39, 0.29) is 5.56 Å². The van der Waals surface area contributed by atoms with Crippen LogP contribution in [0.2, 0.25) is 0 Å². The highest BCUT2D eigenvalue weighted by Crippen LogP contribution is 2.30. The number of aliphatic hydroxyl groups excluding tert-OH is 1. The van der Waals surface area contributed by atoms with Gasteiger partial charge in [0, 0.05) is 0 Å². The molecule has 0 heterocycles. The molecule has 0 bridgehead atoms. The molecule has 4 N–H and O–H groups in total. The molecular weight excluding hydrogens is 361 g/mol. The number of nitrogens with one attached hydrogen (secondary N) is 1. The number of alkyl halides is 3. The summed E-state index contributed by atoms with van der Waals surface area (Å²) in [7, 11) is 0. The number of rotatable bonds is 11. The monoisotopic (exact) mass is 386 g/mol. The van der Waals surface area contributed by atoms with Crippen molar-refractivity contribution in [1.29, 1.82) is 0 Å². The van der Waals surface area contributed by atoms with Gasteiger partial charge >= 0.3 is 6.18 Å². The molecule has 1 aromatic rings. The average Bonchev–Trinajstić information content (AvgIpc) is 2.62. The SMILES string of the molecule is C=CCCCCCC[C@H](NC(=O)[C@@H](O)c1ccc(C(F)(F)F)cc1)C(N)=O. The lowest BCUT2D eigenvalue weighted by molar-refractivity contribution is -0.137. The lowest BCUT2D eigenvalue weighted by atomic mass is 10.0. The zero-order chi connectivity index (χ0) is 20.4. The van der Waals surface area contributed by atoms with Crippen molar-refractivity contribution in [2.45, 2.75) is 56.8 Å². The summed E-state index contributed by atoms with van der Waals surface area (Å²) in [5.74, 6) is -1.61. The number of carbonyl (C=O) groups excluding carboxylic acids is 2. The molecule has 0 unspecified atom stereocenters. The van der Waals surface area contributed by atoms with Crippen molar-refractivity contribution in [3.8, 4) is 0 Å². The van der Waals surface area contributed by atoms with Gasteiger partial charge in [0.05, 0.1) is 5.56 Å². The van der Waals surface area contributed by atoms with Gasteiger partial charge in [-0.05, 0) is 37.0 Å². The quantitative estimate of drug-likeness (QED) is 0.403. The molecule has 0 aliphatic heterocycles. The normalized spacial score (nSPS) is 13.6. The first-order valence-electron chi connectivity index (χ1n) is 8.72. The van der Waals surface area contributed by atoms with E-state index in [9.17, 15) is 27.9 Å². The van der Waals surface area contributed by atoms with E-state index in [0.717, 1.165) is 49.9 Å². The molecule has 0 fully saturated rings. The smallest absolute Gasteiger partial charge is 0.378 e. The molecule has 0 aromatic heterocycles. The van der Waals surface area contributed by atoms with Gasteiger partial charge in [-0.15, -0.1) is 6.58 Å². The van der Waals surface area contributed by atoms with Crippen LogP contribution in [-0.4, -0.2) is 23.0 Å². The van der Waals surface area contributed by atoms with Crippen LogP contribution in [0.3, 0.4) is 0 Å². The number of benzene rings is 1. The highest BCUT2D eigenvalue weighted by molar-refractivity contribution is 5.88. The summed E-state index contributed by atoms with van der Waals surface area (Å²) in [6.45, 7) is 3.63. The number of hydrogen-bond acceptors (Lipinski definition) is 3. The summed E-state index contributed by atoms with van der Waals surface area (Å²) < 4.78 is 37.7. The van der Waals surface area contributed by atoms with Crippen LogP contribution in [0.25, 0.3) is 0 Å². The van der Waals surface area contributed by atoms with E-state index in [4.69, 9.17) is 5.73 Å². The number of allylic oxidation sites excluding steroid dienone is 1. The van der Waals surface area contributed by atoms with Crippen molar-refractivity contribution < 1.29 is 27.9 Å². The Morgan fingerprint density at radius 3 is 2.26 bits per heavy atom. The van der Waals surface area contributed by atoms with Gasteiger partial charge in [-0.25, -0.2) is 0 Å². The van der Waals surface area contributed by atoms with Crippen LogP contribution in [-0.2, 0) is 15.8 Å². The highest BCUT2D eigenvalue weighted by Gasteiger charge is 2.31. The number of amides is 2. The van der Waals surface area contributed by atoms with Gasteiger partial charge in [0.2, 0.25) is 5.91 Å². The Kier molecular flexibility index (Phi) is 9.00. The van der Waals surface area contributed by atoms with E-state index in [1.807, 2.05) is 6.08 Å². The maximum absolute atomic E-state index is 12.6. The number of nitrogens with two attached hydrogens (primary N) is 1. The number of primary amides is 1. The molecular formula is C19H25F3N2O3. The zero-order valence-corrected chi connectivity index (χ0v) is 15.0. The topological polar surface area (TPSA) is 92.4 Å². The maximum Gasteiger partial charge on any atom is 0.416 e. The predicted octanol–water partition coefficient (Wildman–Crippen LogP) is 3.24. The molecule has 2 amide bonds. The Morgan fingerprint density at radius 2 is 1.74 bits per heavy atom. The minimum absolute atomic E-state index is 0.00635. The van der Waals surface area contributed by atoms with Crippen molar-refractivity contribution >= 4 is 11.8 Å². The molecule has 0 spiro atoms. The van der Waals surface area contributed by atoms with Gasteiger partial charge in [0.15, 0.2) is 6.10 Å². The van der Waals surface area contributed by atoms with Gasteiger partial charge in [-0.3, -0.25) is 9.59 Å². The van der Waals surface area contributed by atoms with Crippen molar-refractivity contribution in [3.05, 3.63) is 48.0 Å². The molecule has 8 heteroatoms. The Labute approximate surface area is 156 Å². The fourth-order valence-corrected chi connectivity index (χ4v) is 2.53. The van der Waals surface area contributed by atoms with Gasteiger partial charge < -0.3 is 16.2 Å². The highest BCUT2D eigenvalue weighted by atomic mass is 19.4. The van der Waals surface area contributed by atoms with E-state index in [0.29, 0.717) is 12.8 Å². The molecule has 0 aliphatic carbocycles. The van der Waals surface area contributed by atoms with E-state index in [2.05, 4.69) is 11.9 Å². The molecule has 150 valence electrons. The summed E-state index contributed by atoms with van der Waals surface area (Å²) in [4.78, 5) is 23.6. The van der Waals surface area contributed by atoms with E-state index < -0.39 is 35.7 Å². The first-order chi connectivity index (χ1) is 12.7. The molecule has 0 aliphatic rings. The minimum atomic E-state index is -4.51. The molecule has 0 saturated heterocycles. The first kappa shape index (κ1) is 22.7. The average molecular weight is 386 g/mol. The second-order valence-electron chi connectivity index (χ2n) is 6.27. The number of aliphatic hydroxyl groups is 1. The van der Waals surface area contributed by atoms with Gasteiger partial charge in [0.1, 0.15) is 6.04 Å². The zero-order valence-electron chi connectivity index (χ0n) is 15.0. The molecule has 2 atom stereocenters. The second-order valence-corrected chi connectivity index (χ2v) is 6.27. The third-order valence-corrected chi connectivity index (χ3v) is 4.11. The summed E-state index contributed by atoms with van der Waals surface area (Å²) in [5.41, 5.74) is 4.39. The van der Waals surface area contributed by atoms with Crippen molar-refractivity contribution in [3.63, 3.8) is 0 Å². The Balaban J connectivity index is 2.59. The van der Waals surface area contributed by atoms with Crippen molar-refractivity contribution in [2.75, 3.05) is 0 Å². The summed E-state index contributed by atoms with van der Waals surface area (Å²) in [6, 6.07) is 2.65. The third kappa shape index (κ3) is 7.82. The molecule has 0 radical (unpaired) electrons. The van der Waals surface area contributed by atoms with Crippen LogP contribution < -0.4 is 11.1 Å². The third-order valence-electron chi connectivity index (χ3n) is 4.11. The summed E-state index contributed by atoms with van der Waals surface area (Å²) in [5, 5.41) is 12.4. The van der Waals surface area contributed by atoms with Gasteiger partial charge in [-0.2, -0.15) is 13.2 Å². The van der Waals surface area contributed by atoms with Crippen LogP contribution in [0.4, 0.5) is 13.2 Å². The Morgan fingerprint density at radius 1 is 1.15 bits per heavy atom. The fraction of sp³-hybridized carbons (Fsp3) is 0.474. The molecule has 5 nitrogen and oxygen atoms in total. The van der Waals surface area contributed by atoms with Crippen molar-refractivity contribution in [2.24, 2.45) is 5.73 Å². The van der Waals surface area contributed by atoms with Gasteiger partial charge in [0.25, 0.3) is 5.91 Å². The van der Waals surface area contributed by atoms with E-state index in [1.165, 1.54) is 0 Å². The lowest BCUT2D eigenvalue weighted by Crippen LogP contribution is -2.46. The molecule has 1 rings (SSSR count). The van der Waals surface area contributed by atoms with Crippen LogP contribution in [0.15, 0.2) is 36.9 Å². The fourth-order valence-electron chi connectivity index (χ4n) is 2.53. The minimum Gasteiger partial charge on any atom is -0.378 e. The van der Waals surface area contributed by atoms with Crippen LogP contribution in [0.1, 0.15) is 55.8 Å². The Hall–Kier alpha value is -2.35. The molecule has 27 heavy (non-hydrogen) atoms. The van der Waals surface area contributed by atoms with Crippen LogP contribution >= 0.6 is 0 Å². The Bertz CT molecular complexity index is 630. The number of carbonyl (C=O) groups is 2.